The number of nitro benzene ring substituents is 1. The van der Waals surface area contributed by atoms with Crippen molar-refractivity contribution in [2.75, 3.05) is 11.5 Å². The topological polar surface area (TPSA) is 86.2 Å². The van der Waals surface area contributed by atoms with E-state index in [0.717, 1.165) is 16.0 Å². The molecule has 0 bridgehead atoms. The summed E-state index contributed by atoms with van der Waals surface area (Å²) in [5.41, 5.74) is 8.28. The van der Waals surface area contributed by atoms with E-state index in [1.54, 1.807) is 24.3 Å². The predicted molar refractivity (Wildman–Crippen MR) is 83.7 cm³/mol. The number of nitro groups is 1. The van der Waals surface area contributed by atoms with Gasteiger partial charge < -0.3 is 5.73 Å². The SMILES string of the molecule is Cc1c(N)cccc1S(=O)CCc1ccc([N+](=O)[O-])cc1. The molecule has 2 N–H and O–H groups in total. The van der Waals surface area contributed by atoms with E-state index < -0.39 is 15.7 Å². The second kappa shape index (κ2) is 6.49. The van der Waals surface area contributed by atoms with Gasteiger partial charge in [0, 0.05) is 28.5 Å². The van der Waals surface area contributed by atoms with Crippen LogP contribution in [0.4, 0.5) is 11.4 Å². The van der Waals surface area contributed by atoms with Crippen LogP contribution in [0.5, 0.6) is 0 Å². The van der Waals surface area contributed by atoms with E-state index in [9.17, 15) is 14.3 Å². The van der Waals surface area contributed by atoms with Gasteiger partial charge in [0.05, 0.1) is 15.7 Å². The maximum absolute atomic E-state index is 12.3. The van der Waals surface area contributed by atoms with E-state index in [-0.39, 0.29) is 5.69 Å². The van der Waals surface area contributed by atoms with E-state index in [0.29, 0.717) is 17.9 Å². The van der Waals surface area contributed by atoms with Gasteiger partial charge in [-0.05, 0) is 36.6 Å². The molecule has 0 aromatic heterocycles. The lowest BCUT2D eigenvalue weighted by molar-refractivity contribution is -0.384. The highest BCUT2D eigenvalue weighted by Crippen LogP contribution is 2.20. The molecule has 2 aromatic carbocycles. The molecular formula is C15H16N2O3S. The second-order valence-electron chi connectivity index (χ2n) is 4.69. The lowest BCUT2D eigenvalue weighted by Crippen LogP contribution is -2.05. The van der Waals surface area contributed by atoms with Crippen LogP contribution in [0.25, 0.3) is 0 Å². The molecule has 0 amide bonds. The van der Waals surface area contributed by atoms with Crippen molar-refractivity contribution in [2.45, 2.75) is 18.2 Å². The molecule has 21 heavy (non-hydrogen) atoms. The van der Waals surface area contributed by atoms with Crippen molar-refractivity contribution >= 4 is 22.2 Å². The summed E-state index contributed by atoms with van der Waals surface area (Å²) >= 11 is 0. The van der Waals surface area contributed by atoms with Crippen molar-refractivity contribution < 1.29 is 9.13 Å². The number of nitrogen functional groups attached to an aromatic ring is 1. The van der Waals surface area contributed by atoms with Crippen LogP contribution in [0, 0.1) is 17.0 Å². The van der Waals surface area contributed by atoms with Crippen LogP contribution in [0.2, 0.25) is 0 Å². The first-order chi connectivity index (χ1) is 9.99. The number of hydrogen-bond acceptors (Lipinski definition) is 4. The van der Waals surface area contributed by atoms with Gasteiger partial charge in [0.2, 0.25) is 0 Å². The van der Waals surface area contributed by atoms with Gasteiger partial charge in [-0.1, -0.05) is 18.2 Å². The summed E-state index contributed by atoms with van der Waals surface area (Å²) in [5, 5.41) is 10.6. The van der Waals surface area contributed by atoms with Crippen LogP contribution in [0.3, 0.4) is 0 Å². The van der Waals surface area contributed by atoms with Crippen molar-refractivity contribution in [2.24, 2.45) is 0 Å². The molecular weight excluding hydrogens is 288 g/mol. The molecule has 0 saturated carbocycles. The highest BCUT2D eigenvalue weighted by atomic mass is 32.2. The number of rotatable bonds is 5. The fraction of sp³-hybridized carbons (Fsp3) is 0.200. The monoisotopic (exact) mass is 304 g/mol. The van der Waals surface area contributed by atoms with E-state index in [1.165, 1.54) is 12.1 Å². The number of hydrogen-bond donors (Lipinski definition) is 1. The summed E-state index contributed by atoms with van der Waals surface area (Å²) in [6.07, 6.45) is 0.596. The minimum atomic E-state index is -1.13. The molecule has 1 atom stereocenters. The third-order valence-corrected chi connectivity index (χ3v) is 4.80. The van der Waals surface area contributed by atoms with Crippen LogP contribution in [0.15, 0.2) is 47.4 Å². The standard InChI is InChI=1S/C15H16N2O3S/c1-11-14(16)3-2-4-15(11)21(20)10-9-12-5-7-13(8-6-12)17(18)19/h2-8H,9-10,16H2,1H3. The summed E-state index contributed by atoms with van der Waals surface area (Å²) in [6.45, 7) is 1.86. The fourth-order valence-electron chi connectivity index (χ4n) is 1.98. The van der Waals surface area contributed by atoms with Gasteiger partial charge in [-0.15, -0.1) is 0 Å². The largest absolute Gasteiger partial charge is 0.398 e. The maximum Gasteiger partial charge on any atom is 0.269 e. The number of benzene rings is 2. The first-order valence-corrected chi connectivity index (χ1v) is 7.77. The highest BCUT2D eigenvalue weighted by Gasteiger charge is 2.10. The molecule has 0 fully saturated rings. The molecule has 6 heteroatoms. The Balaban J connectivity index is 2.04. The van der Waals surface area contributed by atoms with Gasteiger partial charge in [-0.3, -0.25) is 14.3 Å². The van der Waals surface area contributed by atoms with Crippen LogP contribution in [0.1, 0.15) is 11.1 Å². The number of nitrogens with two attached hydrogens (primary N) is 1. The summed E-state index contributed by atoms with van der Waals surface area (Å²) in [6, 6.07) is 11.7. The zero-order valence-electron chi connectivity index (χ0n) is 11.6. The molecule has 110 valence electrons. The fourth-order valence-corrected chi connectivity index (χ4v) is 3.31. The Morgan fingerprint density at radius 1 is 1.19 bits per heavy atom. The lowest BCUT2D eigenvalue weighted by Gasteiger charge is -2.08. The summed E-state index contributed by atoms with van der Waals surface area (Å²) in [4.78, 5) is 10.9. The minimum Gasteiger partial charge on any atom is -0.398 e. The van der Waals surface area contributed by atoms with Crippen LogP contribution in [-0.2, 0) is 17.2 Å². The first kappa shape index (κ1) is 15.2. The van der Waals surface area contributed by atoms with Gasteiger partial charge in [-0.2, -0.15) is 0 Å². The van der Waals surface area contributed by atoms with Crippen LogP contribution >= 0.6 is 0 Å². The average molecular weight is 304 g/mol. The highest BCUT2D eigenvalue weighted by molar-refractivity contribution is 7.85. The Morgan fingerprint density at radius 2 is 1.86 bits per heavy atom. The van der Waals surface area contributed by atoms with Gasteiger partial charge >= 0.3 is 0 Å². The number of non-ortho nitro benzene ring substituents is 1. The van der Waals surface area contributed by atoms with Crippen molar-refractivity contribution in [3.8, 4) is 0 Å². The molecule has 0 aliphatic heterocycles. The Labute approximate surface area is 125 Å². The van der Waals surface area contributed by atoms with Crippen molar-refractivity contribution in [3.05, 3.63) is 63.7 Å². The summed E-state index contributed by atoms with van der Waals surface area (Å²) < 4.78 is 12.3. The van der Waals surface area contributed by atoms with Crippen LogP contribution in [-0.4, -0.2) is 14.9 Å². The minimum absolute atomic E-state index is 0.0616. The Bertz CT molecular complexity index is 684. The van der Waals surface area contributed by atoms with E-state index in [2.05, 4.69) is 0 Å². The van der Waals surface area contributed by atoms with Gasteiger partial charge in [0.15, 0.2) is 0 Å². The molecule has 0 aliphatic carbocycles. The lowest BCUT2D eigenvalue weighted by atomic mass is 10.1. The van der Waals surface area contributed by atoms with Gasteiger partial charge in [0.1, 0.15) is 0 Å². The molecule has 0 saturated heterocycles. The van der Waals surface area contributed by atoms with Crippen molar-refractivity contribution in [3.63, 3.8) is 0 Å². The second-order valence-corrected chi connectivity index (χ2v) is 6.23. The van der Waals surface area contributed by atoms with E-state index in [1.807, 2.05) is 13.0 Å². The van der Waals surface area contributed by atoms with Crippen molar-refractivity contribution in [1.29, 1.82) is 0 Å². The Morgan fingerprint density at radius 3 is 2.48 bits per heavy atom. The molecule has 0 radical (unpaired) electrons. The summed E-state index contributed by atoms with van der Waals surface area (Å²) in [7, 11) is -1.13. The third-order valence-electron chi connectivity index (χ3n) is 3.29. The molecule has 1 unspecified atom stereocenters. The maximum atomic E-state index is 12.3. The number of anilines is 1. The van der Waals surface area contributed by atoms with E-state index >= 15 is 0 Å². The van der Waals surface area contributed by atoms with E-state index in [4.69, 9.17) is 5.73 Å². The van der Waals surface area contributed by atoms with Crippen molar-refractivity contribution in [1.82, 2.24) is 0 Å². The smallest absolute Gasteiger partial charge is 0.269 e. The normalized spacial score (nSPS) is 12.0. The summed E-state index contributed by atoms with van der Waals surface area (Å²) in [5.74, 6) is 0.460. The quantitative estimate of drug-likeness (QED) is 0.523. The molecule has 0 spiro atoms. The zero-order valence-corrected chi connectivity index (χ0v) is 12.4. The van der Waals surface area contributed by atoms with Gasteiger partial charge in [-0.25, -0.2) is 0 Å². The molecule has 0 heterocycles. The molecule has 2 aromatic rings. The third kappa shape index (κ3) is 3.66. The Kier molecular flexibility index (Phi) is 4.70. The molecule has 0 aliphatic rings. The number of nitrogens with zero attached hydrogens (tertiary/aromatic N) is 1. The van der Waals surface area contributed by atoms with Gasteiger partial charge in [0.25, 0.3) is 5.69 Å². The number of aryl methyl sites for hydroxylation is 1. The molecule has 2 rings (SSSR count). The molecule has 5 nitrogen and oxygen atoms in total. The first-order valence-electron chi connectivity index (χ1n) is 6.46. The predicted octanol–water partition coefficient (Wildman–Crippen LogP) is 2.84. The Hall–Kier alpha value is -2.21. The van der Waals surface area contributed by atoms with Crippen LogP contribution < -0.4 is 5.73 Å². The zero-order chi connectivity index (χ0) is 15.4. The average Bonchev–Trinajstić information content (AvgIpc) is 2.48.